The van der Waals surface area contributed by atoms with Crippen molar-refractivity contribution in [1.82, 2.24) is 33.8 Å². The first-order chi connectivity index (χ1) is 11.4. The summed E-state index contributed by atoms with van der Waals surface area (Å²) in [5, 5.41) is 8.59. The summed E-state index contributed by atoms with van der Waals surface area (Å²) in [5.41, 5.74) is 1.63. The van der Waals surface area contributed by atoms with Crippen LogP contribution in [0.4, 0.5) is 25.2 Å². The van der Waals surface area contributed by atoms with Crippen molar-refractivity contribution in [2.45, 2.75) is 0 Å². The summed E-state index contributed by atoms with van der Waals surface area (Å²) in [5.74, 6) is 0. The molecule has 2 rings (SSSR count). The minimum atomic E-state index is -10.7. The van der Waals surface area contributed by atoms with Gasteiger partial charge in [0.2, 0.25) is 5.65 Å². The van der Waals surface area contributed by atoms with Gasteiger partial charge in [-0.1, -0.05) is 0 Å². The predicted octanol–water partition coefficient (Wildman–Crippen LogP) is 4.42. The second-order valence-corrected chi connectivity index (χ2v) is 11.6. The van der Waals surface area contributed by atoms with Crippen molar-refractivity contribution in [3.63, 3.8) is 0 Å². The summed E-state index contributed by atoms with van der Waals surface area (Å²) < 4.78 is 67.7. The average Bonchev–Trinajstić information content (AvgIpc) is 2.79. The molecule has 0 unspecified atom stereocenters. The maximum absolute atomic E-state index is 10.7. The Kier molecular flexibility index (Phi) is 5.72. The van der Waals surface area contributed by atoms with E-state index in [4.69, 9.17) is 0 Å². The van der Waals surface area contributed by atoms with E-state index in [1.165, 1.54) is 0 Å². The van der Waals surface area contributed by atoms with E-state index in [-0.39, 0.29) is 0 Å². The summed E-state index contributed by atoms with van der Waals surface area (Å²) in [6.45, 7) is 0. The minimum absolute atomic E-state index is 0.812. The number of hydrogen-bond donors (Lipinski definition) is 0. The van der Waals surface area contributed by atoms with Gasteiger partial charge in [-0.05, 0) is 21.8 Å². The molecule has 2 heterocycles. The summed E-state index contributed by atoms with van der Waals surface area (Å²) in [6.07, 6.45) is 1.78. The number of rotatable bonds is 4. The van der Waals surface area contributed by atoms with Gasteiger partial charge in [0.25, 0.3) is 0 Å². The van der Waals surface area contributed by atoms with Gasteiger partial charge in [0.05, 0.1) is 0 Å². The second-order valence-electron chi connectivity index (χ2n) is 5.86. The van der Waals surface area contributed by atoms with Crippen molar-refractivity contribution in [2.75, 3.05) is 42.3 Å². The first-order valence-corrected chi connectivity index (χ1v) is 10.7. The Hall–Kier alpha value is -1.13. The molecule has 152 valence electrons. The van der Waals surface area contributed by atoms with E-state index in [2.05, 4.69) is 71.6 Å². The van der Waals surface area contributed by atoms with E-state index >= 15 is 0 Å². The average molecular weight is 427 g/mol. The van der Waals surface area contributed by atoms with Gasteiger partial charge in [0.1, 0.15) is 5.52 Å². The van der Waals surface area contributed by atoms with Gasteiger partial charge >= 0.3 is 40.9 Å². The molecule has 0 fully saturated rings. The molecule has 0 saturated heterocycles. The molecule has 2 aromatic rings. The van der Waals surface area contributed by atoms with Gasteiger partial charge < -0.3 is 0 Å². The normalized spacial score (nSPS) is 15.8. The van der Waals surface area contributed by atoms with Gasteiger partial charge in [0.15, 0.2) is 0 Å². The van der Waals surface area contributed by atoms with Crippen molar-refractivity contribution < 1.29 is 25.2 Å². The Morgan fingerprint density at radius 1 is 0.885 bits per heavy atom. The fourth-order valence-corrected chi connectivity index (χ4v) is 6.23. The Bertz CT molecular complexity index is 726. The molecule has 0 saturated carbocycles. The molecule has 0 spiro atoms. The molecule has 0 aliphatic rings. The number of fused-ring (bicyclic) bond motifs is 1. The summed E-state index contributed by atoms with van der Waals surface area (Å²) in [6, 6.07) is 3.81. The van der Waals surface area contributed by atoms with Crippen LogP contribution in [-0.4, -0.2) is 76.0 Å². The number of hydrogen-bond acceptors (Lipinski definition) is 6. The number of pyridine rings is 1. The standard InChI is InChI=1S/C11H21N7P.F6P/c1-15(2)19(16(3)4,17(5)6)18-11-10(13-14-18)8-7-9-12-11;1-7(2,3,4,5)6/h7-9H,1-6H3;/q+1;-1. The quantitative estimate of drug-likeness (QED) is 0.532. The third kappa shape index (κ3) is 5.95. The first-order valence-electron chi connectivity index (χ1n) is 7.03. The fraction of sp³-hybridized carbons (Fsp3) is 0.545. The van der Waals surface area contributed by atoms with Crippen LogP contribution in [0.1, 0.15) is 0 Å². The van der Waals surface area contributed by atoms with E-state index in [0.29, 0.717) is 0 Å². The van der Waals surface area contributed by atoms with Crippen molar-refractivity contribution in [1.29, 1.82) is 0 Å². The number of aromatic nitrogens is 4. The van der Waals surface area contributed by atoms with Crippen molar-refractivity contribution in [2.24, 2.45) is 0 Å². The van der Waals surface area contributed by atoms with Gasteiger partial charge in [-0.3, -0.25) is 0 Å². The maximum atomic E-state index is 9.87. The van der Waals surface area contributed by atoms with Gasteiger partial charge in [-0.2, -0.15) is 0 Å². The first kappa shape index (κ1) is 22.9. The molecule has 0 atom stereocenters. The summed E-state index contributed by atoms with van der Waals surface area (Å²) in [7, 11) is -0.280. The molecule has 7 nitrogen and oxygen atoms in total. The van der Waals surface area contributed by atoms with Crippen LogP contribution >= 0.6 is 15.7 Å². The van der Waals surface area contributed by atoms with Crippen LogP contribution in [0.15, 0.2) is 18.3 Å². The molecule has 0 aliphatic heterocycles. The molecule has 0 amide bonds. The summed E-state index contributed by atoms with van der Waals surface area (Å²) in [4.78, 5) is 4.44. The molecule has 0 aromatic carbocycles. The van der Waals surface area contributed by atoms with E-state index < -0.39 is 15.7 Å². The fourth-order valence-electron chi connectivity index (χ4n) is 2.52. The molecule has 15 heteroatoms. The van der Waals surface area contributed by atoms with Crippen LogP contribution in [0.2, 0.25) is 0 Å². The Morgan fingerprint density at radius 3 is 1.69 bits per heavy atom. The van der Waals surface area contributed by atoms with Crippen LogP contribution in [0.5, 0.6) is 0 Å². The van der Waals surface area contributed by atoms with E-state index in [1.807, 2.05) is 16.6 Å². The topological polar surface area (TPSA) is 53.3 Å². The summed E-state index contributed by atoms with van der Waals surface area (Å²) >= 11 is 0. The zero-order valence-corrected chi connectivity index (χ0v) is 16.8. The molecule has 0 radical (unpaired) electrons. The third-order valence-electron chi connectivity index (χ3n) is 3.06. The van der Waals surface area contributed by atoms with Gasteiger partial charge in [-0.25, -0.2) is 4.98 Å². The molecule has 0 N–H and O–H groups in total. The SMILES string of the molecule is CN(C)[P+](N(C)C)(N(C)C)n1nnc2cccnc21.F[P-](F)(F)(F)(F)F. The van der Waals surface area contributed by atoms with Crippen LogP contribution in [0, 0.1) is 0 Å². The molecule has 2 aromatic heterocycles. The van der Waals surface area contributed by atoms with Crippen LogP contribution in [0.25, 0.3) is 11.2 Å². The van der Waals surface area contributed by atoms with Crippen LogP contribution in [0.3, 0.4) is 0 Å². The Balaban J connectivity index is 0.000000412. The van der Waals surface area contributed by atoms with Crippen molar-refractivity contribution in [3.8, 4) is 0 Å². The molecular weight excluding hydrogens is 406 g/mol. The Morgan fingerprint density at radius 2 is 1.31 bits per heavy atom. The third-order valence-corrected chi connectivity index (χ3v) is 7.05. The van der Waals surface area contributed by atoms with Crippen molar-refractivity contribution >= 4 is 26.8 Å². The molecule has 26 heavy (non-hydrogen) atoms. The van der Waals surface area contributed by atoms with Crippen molar-refractivity contribution in [3.05, 3.63) is 18.3 Å². The number of nitrogens with zero attached hydrogens (tertiary/aromatic N) is 7. The van der Waals surface area contributed by atoms with Gasteiger partial charge in [-0.15, -0.1) is 19.1 Å². The van der Waals surface area contributed by atoms with Crippen LogP contribution < -0.4 is 0 Å². The predicted molar refractivity (Wildman–Crippen MR) is 92.3 cm³/mol. The molecule has 0 aliphatic carbocycles. The van der Waals surface area contributed by atoms with Crippen LogP contribution in [-0.2, 0) is 0 Å². The van der Waals surface area contributed by atoms with E-state index in [1.54, 1.807) is 6.20 Å². The second kappa shape index (κ2) is 6.49. The van der Waals surface area contributed by atoms with Gasteiger partial charge in [0, 0.05) is 48.5 Å². The van der Waals surface area contributed by atoms with E-state index in [0.717, 1.165) is 11.2 Å². The zero-order valence-electron chi connectivity index (χ0n) is 15.0. The molecular formula is C11H21F6N7P2. The Labute approximate surface area is 147 Å². The zero-order chi connectivity index (χ0) is 20.6. The van der Waals surface area contributed by atoms with E-state index in [9.17, 15) is 25.2 Å². The monoisotopic (exact) mass is 427 g/mol. The molecule has 0 bridgehead atoms. The number of halogens is 6.